The standard InChI is InChI=1S/C20H18N2O4S/c1-3-26-15-10-8-14(9-11-15)22-19(24)16(18(23)21-20(22)27)12-13-6-4-5-7-17(13)25-2/h4-12H,3H2,1-2H3,(H,21,23,27). The van der Waals surface area contributed by atoms with E-state index in [4.69, 9.17) is 21.7 Å². The zero-order valence-electron chi connectivity index (χ0n) is 14.9. The van der Waals surface area contributed by atoms with Gasteiger partial charge in [-0.25, -0.2) is 0 Å². The number of nitrogens with zero attached hydrogens (tertiary/aromatic N) is 1. The topological polar surface area (TPSA) is 67.9 Å². The number of rotatable bonds is 5. The summed E-state index contributed by atoms with van der Waals surface area (Å²) >= 11 is 5.20. The van der Waals surface area contributed by atoms with Gasteiger partial charge in [0.05, 0.1) is 19.4 Å². The molecule has 0 aromatic heterocycles. The maximum Gasteiger partial charge on any atom is 0.270 e. The van der Waals surface area contributed by atoms with E-state index in [1.54, 1.807) is 42.5 Å². The normalized spacial score (nSPS) is 15.7. The zero-order valence-corrected chi connectivity index (χ0v) is 15.7. The predicted molar refractivity (Wildman–Crippen MR) is 107 cm³/mol. The highest BCUT2D eigenvalue weighted by Crippen LogP contribution is 2.26. The molecule has 1 fully saturated rings. The van der Waals surface area contributed by atoms with Crippen molar-refractivity contribution in [3.8, 4) is 11.5 Å². The van der Waals surface area contributed by atoms with Crippen LogP contribution in [0.4, 0.5) is 5.69 Å². The quantitative estimate of drug-likeness (QED) is 0.489. The molecule has 1 aliphatic heterocycles. The molecule has 1 N–H and O–H groups in total. The average Bonchev–Trinajstić information content (AvgIpc) is 2.67. The number of carbonyl (C=O) groups excluding carboxylic acids is 2. The molecule has 27 heavy (non-hydrogen) atoms. The lowest BCUT2D eigenvalue weighted by Crippen LogP contribution is -2.54. The Balaban J connectivity index is 1.97. The van der Waals surface area contributed by atoms with E-state index in [0.717, 1.165) is 0 Å². The fourth-order valence-electron chi connectivity index (χ4n) is 2.69. The number of benzene rings is 2. The molecular weight excluding hydrogens is 364 g/mol. The van der Waals surface area contributed by atoms with Gasteiger partial charge in [-0.2, -0.15) is 0 Å². The van der Waals surface area contributed by atoms with E-state index in [1.165, 1.54) is 18.1 Å². The van der Waals surface area contributed by atoms with Gasteiger partial charge in [-0.15, -0.1) is 0 Å². The smallest absolute Gasteiger partial charge is 0.270 e. The van der Waals surface area contributed by atoms with Crippen LogP contribution in [0.5, 0.6) is 11.5 Å². The lowest BCUT2D eigenvalue weighted by molar-refractivity contribution is -0.122. The molecule has 1 heterocycles. The number of methoxy groups -OCH3 is 1. The van der Waals surface area contributed by atoms with Crippen LogP contribution in [0.1, 0.15) is 12.5 Å². The van der Waals surface area contributed by atoms with Crippen molar-refractivity contribution in [2.45, 2.75) is 6.92 Å². The van der Waals surface area contributed by atoms with Crippen LogP contribution in [0.2, 0.25) is 0 Å². The molecule has 0 saturated carbocycles. The van der Waals surface area contributed by atoms with Gasteiger partial charge in [0.25, 0.3) is 11.8 Å². The van der Waals surface area contributed by atoms with Gasteiger partial charge < -0.3 is 9.47 Å². The van der Waals surface area contributed by atoms with Crippen molar-refractivity contribution < 1.29 is 19.1 Å². The van der Waals surface area contributed by atoms with Crippen LogP contribution in [0.15, 0.2) is 54.1 Å². The van der Waals surface area contributed by atoms with E-state index in [-0.39, 0.29) is 10.7 Å². The molecule has 3 rings (SSSR count). The maximum atomic E-state index is 13.0. The molecule has 2 aromatic carbocycles. The highest BCUT2D eigenvalue weighted by molar-refractivity contribution is 7.80. The van der Waals surface area contributed by atoms with E-state index < -0.39 is 11.8 Å². The van der Waals surface area contributed by atoms with Crippen LogP contribution in [0, 0.1) is 0 Å². The summed E-state index contributed by atoms with van der Waals surface area (Å²) in [7, 11) is 1.53. The third-order valence-electron chi connectivity index (χ3n) is 3.95. The van der Waals surface area contributed by atoms with Crippen LogP contribution in [0.3, 0.4) is 0 Å². The SMILES string of the molecule is CCOc1ccc(N2C(=O)C(=Cc3ccccc3OC)C(=O)NC2=S)cc1. The highest BCUT2D eigenvalue weighted by Gasteiger charge is 2.34. The largest absolute Gasteiger partial charge is 0.496 e. The molecule has 0 radical (unpaired) electrons. The summed E-state index contributed by atoms with van der Waals surface area (Å²) < 4.78 is 10.7. The van der Waals surface area contributed by atoms with Gasteiger partial charge in [-0.05, 0) is 55.5 Å². The van der Waals surface area contributed by atoms with E-state index >= 15 is 0 Å². The van der Waals surface area contributed by atoms with Gasteiger partial charge in [0.15, 0.2) is 5.11 Å². The highest BCUT2D eigenvalue weighted by atomic mass is 32.1. The molecule has 0 bridgehead atoms. The van der Waals surface area contributed by atoms with Crippen molar-refractivity contribution in [2.24, 2.45) is 0 Å². The van der Waals surface area contributed by atoms with Gasteiger partial charge in [0, 0.05) is 5.56 Å². The number of hydrogen-bond donors (Lipinski definition) is 1. The first-order valence-electron chi connectivity index (χ1n) is 8.32. The molecule has 2 amide bonds. The monoisotopic (exact) mass is 382 g/mol. The van der Waals surface area contributed by atoms with E-state index in [9.17, 15) is 9.59 Å². The second-order valence-electron chi connectivity index (χ2n) is 5.63. The predicted octanol–water partition coefficient (Wildman–Crippen LogP) is 2.93. The minimum absolute atomic E-state index is 0.0259. The van der Waals surface area contributed by atoms with Crippen LogP contribution < -0.4 is 19.7 Å². The summed E-state index contributed by atoms with van der Waals surface area (Å²) in [5, 5.41) is 2.60. The molecule has 6 nitrogen and oxygen atoms in total. The molecule has 0 unspecified atom stereocenters. The van der Waals surface area contributed by atoms with Gasteiger partial charge in [-0.1, -0.05) is 18.2 Å². The number of thiocarbonyl (C=S) groups is 1. The third kappa shape index (κ3) is 3.83. The van der Waals surface area contributed by atoms with E-state index in [1.807, 2.05) is 13.0 Å². The molecule has 7 heteroatoms. The Bertz CT molecular complexity index is 922. The summed E-state index contributed by atoms with van der Waals surface area (Å²) in [6.07, 6.45) is 1.50. The molecule has 0 atom stereocenters. The van der Waals surface area contributed by atoms with Gasteiger partial charge >= 0.3 is 0 Å². The Hall–Kier alpha value is -3.19. The van der Waals surface area contributed by atoms with E-state index in [0.29, 0.717) is 29.4 Å². The minimum atomic E-state index is -0.543. The van der Waals surface area contributed by atoms with Gasteiger partial charge in [0.2, 0.25) is 0 Å². The number of amides is 2. The first-order chi connectivity index (χ1) is 13.0. The number of para-hydroxylation sites is 1. The minimum Gasteiger partial charge on any atom is -0.496 e. The van der Waals surface area contributed by atoms with Crippen molar-refractivity contribution in [3.63, 3.8) is 0 Å². The first-order valence-corrected chi connectivity index (χ1v) is 8.73. The Morgan fingerprint density at radius 1 is 1.11 bits per heavy atom. The van der Waals surface area contributed by atoms with Crippen LogP contribution in [-0.4, -0.2) is 30.6 Å². The molecule has 1 aliphatic rings. The summed E-state index contributed by atoms with van der Waals surface area (Å²) in [4.78, 5) is 26.6. The maximum absolute atomic E-state index is 13.0. The number of hydrogen-bond acceptors (Lipinski definition) is 5. The molecule has 0 aliphatic carbocycles. The Morgan fingerprint density at radius 3 is 2.48 bits per heavy atom. The molecular formula is C20H18N2O4S. The second-order valence-corrected chi connectivity index (χ2v) is 6.01. The van der Waals surface area contributed by atoms with Crippen molar-refractivity contribution in [2.75, 3.05) is 18.6 Å². The third-order valence-corrected chi connectivity index (χ3v) is 4.23. The fourth-order valence-corrected chi connectivity index (χ4v) is 2.97. The summed E-state index contributed by atoms with van der Waals surface area (Å²) in [5.74, 6) is 0.203. The molecule has 2 aromatic rings. The summed E-state index contributed by atoms with van der Waals surface area (Å²) in [6, 6.07) is 14.1. The van der Waals surface area contributed by atoms with Crippen LogP contribution in [0.25, 0.3) is 6.08 Å². The number of anilines is 1. The second kappa shape index (κ2) is 8.01. The van der Waals surface area contributed by atoms with Crippen LogP contribution in [-0.2, 0) is 9.59 Å². The lowest BCUT2D eigenvalue weighted by Gasteiger charge is -2.29. The first kappa shape index (κ1) is 18.6. The molecule has 1 saturated heterocycles. The summed E-state index contributed by atoms with van der Waals surface area (Å²) in [6.45, 7) is 2.43. The Labute approximate surface area is 162 Å². The summed E-state index contributed by atoms with van der Waals surface area (Å²) in [5.41, 5.74) is 1.14. The van der Waals surface area contributed by atoms with Crippen LogP contribution >= 0.6 is 12.2 Å². The van der Waals surface area contributed by atoms with Crippen molar-refractivity contribution in [3.05, 3.63) is 59.7 Å². The van der Waals surface area contributed by atoms with Crippen molar-refractivity contribution >= 4 is 40.9 Å². The lowest BCUT2D eigenvalue weighted by atomic mass is 10.1. The molecule has 138 valence electrons. The number of ether oxygens (including phenoxy) is 2. The van der Waals surface area contributed by atoms with Gasteiger partial charge in [0.1, 0.15) is 17.1 Å². The van der Waals surface area contributed by atoms with Gasteiger partial charge in [-0.3, -0.25) is 19.8 Å². The fraction of sp³-hybridized carbons (Fsp3) is 0.150. The zero-order chi connectivity index (χ0) is 19.4. The number of carbonyl (C=O) groups is 2. The molecule has 0 spiro atoms. The average molecular weight is 382 g/mol. The Morgan fingerprint density at radius 2 is 1.81 bits per heavy atom. The van der Waals surface area contributed by atoms with Crippen molar-refractivity contribution in [1.82, 2.24) is 5.32 Å². The number of nitrogens with one attached hydrogen (secondary N) is 1. The van der Waals surface area contributed by atoms with Crippen molar-refractivity contribution in [1.29, 1.82) is 0 Å². The van der Waals surface area contributed by atoms with E-state index in [2.05, 4.69) is 5.32 Å². The Kier molecular flexibility index (Phi) is 5.52.